The van der Waals surface area contributed by atoms with Crippen LogP contribution in [0.25, 0.3) is 0 Å². The molecule has 3 atom stereocenters. The van der Waals surface area contributed by atoms with Crippen molar-refractivity contribution >= 4 is 34.9 Å². The predicted octanol–water partition coefficient (Wildman–Crippen LogP) is 4.83. The summed E-state index contributed by atoms with van der Waals surface area (Å²) in [5.74, 6) is 0. The van der Waals surface area contributed by atoms with Gasteiger partial charge in [-0.2, -0.15) is 0 Å². The molecule has 3 unspecified atom stereocenters. The minimum atomic E-state index is -0.193. The molecular formula is C29H34N4O3S2. The Bertz CT molecular complexity index is 1350. The number of nitrogens with one attached hydrogen (secondary N) is 2. The summed E-state index contributed by atoms with van der Waals surface area (Å²) in [5.41, 5.74) is 2.95. The zero-order chi connectivity index (χ0) is 26.1. The van der Waals surface area contributed by atoms with Crippen LogP contribution in [-0.4, -0.2) is 66.5 Å². The van der Waals surface area contributed by atoms with E-state index in [9.17, 15) is 9.90 Å². The normalized spacial score (nSPS) is 22.4. The maximum Gasteiger partial charge on any atom is 0.271 e. The third-order valence-electron chi connectivity index (χ3n) is 7.36. The van der Waals surface area contributed by atoms with Crippen molar-refractivity contribution in [2.75, 3.05) is 49.5 Å². The lowest BCUT2D eigenvalue weighted by molar-refractivity contribution is 0.0378. The van der Waals surface area contributed by atoms with E-state index >= 15 is 0 Å². The minimum Gasteiger partial charge on any atom is -0.392 e. The van der Waals surface area contributed by atoms with Gasteiger partial charge in [-0.15, -0.1) is 0 Å². The summed E-state index contributed by atoms with van der Waals surface area (Å²) in [6.07, 6.45) is 3.36. The first-order valence-corrected chi connectivity index (χ1v) is 15.0. The monoisotopic (exact) mass is 550 g/mol. The van der Waals surface area contributed by atoms with Gasteiger partial charge in [0.1, 0.15) is 11.8 Å². The van der Waals surface area contributed by atoms with Crippen LogP contribution in [0, 0.1) is 0 Å². The highest BCUT2D eigenvalue weighted by atomic mass is 32.2. The van der Waals surface area contributed by atoms with Gasteiger partial charge in [-0.05, 0) is 68.3 Å². The number of likely N-dealkylation sites (tertiary alicyclic amines) is 1. The number of anilines is 2. The summed E-state index contributed by atoms with van der Waals surface area (Å²) in [5, 5.41) is 13.6. The number of aromatic nitrogens is 1. The van der Waals surface area contributed by atoms with Crippen molar-refractivity contribution in [1.82, 2.24) is 9.88 Å². The smallest absolute Gasteiger partial charge is 0.271 e. The van der Waals surface area contributed by atoms with E-state index in [1.165, 1.54) is 25.1 Å². The van der Waals surface area contributed by atoms with Crippen LogP contribution >= 0.6 is 23.5 Å². The highest BCUT2D eigenvalue weighted by Gasteiger charge is 2.29. The lowest BCUT2D eigenvalue weighted by atomic mass is 10.1. The molecule has 0 aliphatic carbocycles. The van der Waals surface area contributed by atoms with Gasteiger partial charge in [-0.1, -0.05) is 35.7 Å². The number of benzene rings is 2. The molecule has 38 heavy (non-hydrogen) atoms. The number of H-pyrrole nitrogens is 1. The van der Waals surface area contributed by atoms with Crippen LogP contribution in [-0.2, 0) is 4.74 Å². The first-order chi connectivity index (χ1) is 18.5. The quantitative estimate of drug-likeness (QED) is 0.315. The maximum atomic E-state index is 12.4. The molecule has 6 rings (SSSR count). The van der Waals surface area contributed by atoms with E-state index in [0.29, 0.717) is 31.4 Å². The van der Waals surface area contributed by atoms with Crippen molar-refractivity contribution in [2.45, 2.75) is 57.6 Å². The number of fused-ring (bicyclic) bond motifs is 2. The second-order valence-corrected chi connectivity index (χ2v) is 12.5. The lowest BCUT2D eigenvalue weighted by Gasteiger charge is -2.35. The molecule has 3 aliphatic rings. The van der Waals surface area contributed by atoms with E-state index in [0.717, 1.165) is 38.2 Å². The van der Waals surface area contributed by atoms with Crippen LogP contribution in [0.1, 0.15) is 31.4 Å². The van der Waals surface area contributed by atoms with Crippen molar-refractivity contribution in [3.05, 3.63) is 70.6 Å². The molecule has 3 aliphatic heterocycles. The van der Waals surface area contributed by atoms with Gasteiger partial charge in [-0.25, -0.2) is 0 Å². The molecule has 0 saturated carbocycles. The maximum absolute atomic E-state index is 12.4. The molecule has 3 N–H and O–H groups in total. The number of morpholine rings is 1. The number of piperidine rings is 1. The fourth-order valence-electron chi connectivity index (χ4n) is 5.60. The van der Waals surface area contributed by atoms with Crippen molar-refractivity contribution in [2.24, 2.45) is 0 Å². The summed E-state index contributed by atoms with van der Waals surface area (Å²) in [6.45, 7) is 6.90. The Morgan fingerprint density at radius 3 is 2.89 bits per heavy atom. The Labute approximate surface area is 232 Å². The number of aliphatic hydroxyl groups is 1. The molecule has 9 heteroatoms. The second kappa shape index (κ2) is 11.4. The molecular weight excluding hydrogens is 516 g/mol. The average molecular weight is 551 g/mol. The largest absolute Gasteiger partial charge is 0.392 e. The van der Waals surface area contributed by atoms with Crippen molar-refractivity contribution in [1.29, 1.82) is 0 Å². The summed E-state index contributed by atoms with van der Waals surface area (Å²) in [6, 6.07) is 17.1. The van der Waals surface area contributed by atoms with Gasteiger partial charge in [0, 0.05) is 63.7 Å². The summed E-state index contributed by atoms with van der Waals surface area (Å²) >= 11 is 3.62. The Kier molecular flexibility index (Phi) is 7.72. The molecule has 3 aromatic rings. The summed E-state index contributed by atoms with van der Waals surface area (Å²) in [7, 11) is 0. The van der Waals surface area contributed by atoms with Crippen molar-refractivity contribution < 1.29 is 9.84 Å². The minimum absolute atomic E-state index is 0.0608. The van der Waals surface area contributed by atoms with Gasteiger partial charge in [0.15, 0.2) is 0 Å². The Balaban J connectivity index is 1.16. The number of pyridine rings is 1. The Morgan fingerprint density at radius 1 is 1.11 bits per heavy atom. The van der Waals surface area contributed by atoms with Gasteiger partial charge >= 0.3 is 0 Å². The number of rotatable bonds is 6. The van der Waals surface area contributed by atoms with Gasteiger partial charge in [0.05, 0.1) is 12.7 Å². The van der Waals surface area contributed by atoms with Crippen LogP contribution in [0.4, 0.5) is 11.4 Å². The van der Waals surface area contributed by atoms with Gasteiger partial charge in [0.25, 0.3) is 5.56 Å². The van der Waals surface area contributed by atoms with Crippen molar-refractivity contribution in [3.8, 4) is 0 Å². The van der Waals surface area contributed by atoms with Crippen LogP contribution < -0.4 is 15.8 Å². The molecule has 2 saturated heterocycles. The lowest BCUT2D eigenvalue weighted by Crippen LogP contribution is -2.43. The fourth-order valence-corrected chi connectivity index (χ4v) is 8.05. The zero-order valence-corrected chi connectivity index (χ0v) is 23.2. The van der Waals surface area contributed by atoms with Crippen molar-refractivity contribution in [3.63, 3.8) is 0 Å². The molecule has 2 aromatic carbocycles. The second-order valence-electron chi connectivity index (χ2n) is 10.3. The number of ether oxygens (including phenoxy) is 1. The highest BCUT2D eigenvalue weighted by Crippen LogP contribution is 2.51. The molecule has 4 heterocycles. The van der Waals surface area contributed by atoms with Gasteiger partial charge in [-0.3, -0.25) is 9.69 Å². The average Bonchev–Trinajstić information content (AvgIpc) is 2.92. The first-order valence-electron chi connectivity index (χ1n) is 13.4. The molecule has 1 aromatic heterocycles. The highest BCUT2D eigenvalue weighted by molar-refractivity contribution is 8.05. The first kappa shape index (κ1) is 25.8. The molecule has 7 nitrogen and oxygen atoms in total. The number of hydrogen-bond acceptors (Lipinski definition) is 8. The van der Waals surface area contributed by atoms with Gasteiger partial charge < -0.3 is 25.0 Å². The number of nitrogens with zero attached hydrogens (tertiary/aromatic N) is 2. The number of β-amino-alcohol motifs (C(OH)–C–C–N with tert-alkyl or cyclic N) is 1. The predicted molar refractivity (Wildman–Crippen MR) is 154 cm³/mol. The van der Waals surface area contributed by atoms with E-state index in [2.05, 4.69) is 63.4 Å². The van der Waals surface area contributed by atoms with E-state index in [-0.39, 0.29) is 17.8 Å². The molecule has 0 amide bonds. The summed E-state index contributed by atoms with van der Waals surface area (Å²) < 4.78 is 6.24. The molecule has 0 radical (unpaired) electrons. The van der Waals surface area contributed by atoms with Crippen LogP contribution in [0.15, 0.2) is 79.1 Å². The molecule has 200 valence electrons. The van der Waals surface area contributed by atoms with Crippen LogP contribution in [0.5, 0.6) is 0 Å². The standard InChI is InChI=1S/C29H34N4O3S2/c1-19(16-32-12-4-5-21(34)17-32)31-20-9-10-25-27(15-20)37-26-8-2-6-22(28(26)38-25)24-18-33(13-14-36-24)23-7-3-11-30-29(23)35/h2-3,6-11,15,19,21,24,31,34H,4-5,12-14,16-18H2,1H3,(H,30,35). The van der Waals surface area contributed by atoms with E-state index < -0.39 is 0 Å². The molecule has 0 bridgehead atoms. The zero-order valence-electron chi connectivity index (χ0n) is 21.6. The Hall–Kier alpha value is -2.43. The van der Waals surface area contributed by atoms with Crippen LogP contribution in [0.3, 0.4) is 0 Å². The van der Waals surface area contributed by atoms with Crippen LogP contribution in [0.2, 0.25) is 0 Å². The van der Waals surface area contributed by atoms with E-state index in [1.807, 2.05) is 35.7 Å². The molecule has 2 fully saturated rings. The summed E-state index contributed by atoms with van der Waals surface area (Å²) in [4.78, 5) is 24.6. The molecule has 0 spiro atoms. The number of aliphatic hydroxyl groups excluding tert-OH is 1. The van der Waals surface area contributed by atoms with Gasteiger partial charge in [0.2, 0.25) is 0 Å². The fraction of sp³-hybridized carbons (Fsp3) is 0.414. The Morgan fingerprint density at radius 2 is 2.03 bits per heavy atom. The third kappa shape index (κ3) is 5.62. The number of hydrogen-bond donors (Lipinski definition) is 3. The third-order valence-corrected chi connectivity index (χ3v) is 9.97. The SMILES string of the molecule is CC(CN1CCCC(O)C1)Nc1ccc2c(c1)Sc1cccc(C3CN(c4ccc[nH]c4=O)CCO3)c1S2. The number of aromatic amines is 1. The topological polar surface area (TPSA) is 80.8 Å². The van der Waals surface area contributed by atoms with E-state index in [1.54, 1.807) is 6.20 Å². The van der Waals surface area contributed by atoms with E-state index in [4.69, 9.17) is 4.74 Å².